The van der Waals surface area contributed by atoms with Crippen molar-refractivity contribution >= 4 is 11.9 Å². The molecule has 1 atom stereocenters. The summed E-state index contributed by atoms with van der Waals surface area (Å²) in [6.07, 6.45) is 0.140. The summed E-state index contributed by atoms with van der Waals surface area (Å²) in [6, 6.07) is 8.49. The largest absolute Gasteiger partial charge is 0.480 e. The lowest BCUT2D eigenvalue weighted by molar-refractivity contribution is -0.170. The van der Waals surface area contributed by atoms with Gasteiger partial charge in [0.2, 0.25) is 0 Å². The summed E-state index contributed by atoms with van der Waals surface area (Å²) in [5, 5.41) is 9.54. The molecule has 19 heavy (non-hydrogen) atoms. The van der Waals surface area contributed by atoms with Crippen molar-refractivity contribution in [2.45, 2.75) is 45.1 Å². The van der Waals surface area contributed by atoms with Gasteiger partial charge in [-0.1, -0.05) is 37.3 Å². The summed E-state index contributed by atoms with van der Waals surface area (Å²) < 4.78 is 5.29. The fourth-order valence-corrected chi connectivity index (χ4v) is 1.92. The molecule has 1 unspecified atom stereocenters. The van der Waals surface area contributed by atoms with E-state index in [0.29, 0.717) is 5.56 Å². The van der Waals surface area contributed by atoms with Crippen LogP contribution < -0.4 is 0 Å². The third kappa shape index (κ3) is 3.13. The molecule has 0 fully saturated rings. The number of aliphatic carboxylic acids is 1. The van der Waals surface area contributed by atoms with Gasteiger partial charge >= 0.3 is 11.9 Å². The van der Waals surface area contributed by atoms with Crippen LogP contribution in [-0.2, 0) is 19.7 Å². The number of rotatable bonds is 4. The monoisotopic (exact) mass is 264 g/mol. The first kappa shape index (κ1) is 15.2. The molecule has 1 rings (SSSR count). The minimum atomic E-state index is -1.64. The molecule has 0 aromatic heterocycles. The molecular weight excluding hydrogens is 244 g/mol. The number of carboxylic acids is 1. The van der Waals surface area contributed by atoms with Crippen molar-refractivity contribution in [1.82, 2.24) is 0 Å². The van der Waals surface area contributed by atoms with Crippen LogP contribution in [0.15, 0.2) is 30.3 Å². The van der Waals surface area contributed by atoms with Gasteiger partial charge in [0.1, 0.15) is 5.60 Å². The first-order chi connectivity index (χ1) is 8.74. The van der Waals surface area contributed by atoms with Crippen LogP contribution in [0, 0.1) is 0 Å². The Labute approximate surface area is 113 Å². The fourth-order valence-electron chi connectivity index (χ4n) is 1.92. The number of hydrogen-bond donors (Lipinski definition) is 1. The number of carbonyl (C=O) groups is 2. The molecule has 0 aliphatic rings. The van der Waals surface area contributed by atoms with Gasteiger partial charge in [0.05, 0.1) is 0 Å². The van der Waals surface area contributed by atoms with Gasteiger partial charge in [-0.2, -0.15) is 0 Å². The molecule has 4 nitrogen and oxygen atoms in total. The summed E-state index contributed by atoms with van der Waals surface area (Å²) >= 11 is 0. The highest BCUT2D eigenvalue weighted by Gasteiger charge is 2.49. The Morgan fingerprint density at radius 3 is 2.05 bits per heavy atom. The van der Waals surface area contributed by atoms with E-state index in [4.69, 9.17) is 4.74 Å². The maximum Gasteiger partial charge on any atom is 0.328 e. The Kier molecular flexibility index (Phi) is 4.35. The van der Waals surface area contributed by atoms with Crippen LogP contribution in [0.3, 0.4) is 0 Å². The highest BCUT2D eigenvalue weighted by atomic mass is 16.6. The maximum absolute atomic E-state index is 12.4. The molecule has 0 aliphatic heterocycles. The van der Waals surface area contributed by atoms with Crippen LogP contribution >= 0.6 is 0 Å². The number of ether oxygens (including phenoxy) is 1. The summed E-state index contributed by atoms with van der Waals surface area (Å²) in [4.78, 5) is 24.0. The number of carbonyl (C=O) groups excluding carboxylic acids is 1. The van der Waals surface area contributed by atoms with Crippen molar-refractivity contribution in [3.05, 3.63) is 35.9 Å². The molecule has 1 aromatic rings. The second-order valence-corrected chi connectivity index (χ2v) is 5.43. The molecule has 1 N–H and O–H groups in total. The van der Waals surface area contributed by atoms with Crippen LogP contribution in [0.4, 0.5) is 0 Å². The van der Waals surface area contributed by atoms with Gasteiger partial charge in [-0.15, -0.1) is 0 Å². The minimum Gasteiger partial charge on any atom is -0.480 e. The molecule has 0 saturated carbocycles. The Balaban J connectivity index is 3.29. The average Bonchev–Trinajstić information content (AvgIpc) is 2.29. The molecule has 1 aromatic carbocycles. The van der Waals surface area contributed by atoms with Crippen molar-refractivity contribution in [3.63, 3.8) is 0 Å². The SMILES string of the molecule is CCC(C(=O)O)(C(=O)OC(C)(C)C)c1ccccc1. The van der Waals surface area contributed by atoms with Crippen molar-refractivity contribution in [1.29, 1.82) is 0 Å². The van der Waals surface area contributed by atoms with Gasteiger partial charge in [-0.25, -0.2) is 0 Å². The molecule has 0 radical (unpaired) electrons. The third-order valence-corrected chi connectivity index (χ3v) is 2.91. The van der Waals surface area contributed by atoms with Crippen molar-refractivity contribution in [3.8, 4) is 0 Å². The van der Waals surface area contributed by atoms with Gasteiger partial charge in [-0.05, 0) is 32.8 Å². The molecule has 0 heterocycles. The highest BCUT2D eigenvalue weighted by Crippen LogP contribution is 2.31. The van der Waals surface area contributed by atoms with Gasteiger partial charge in [0.25, 0.3) is 0 Å². The molecular formula is C15H20O4. The zero-order valence-electron chi connectivity index (χ0n) is 11.8. The topological polar surface area (TPSA) is 63.6 Å². The molecule has 0 aliphatic carbocycles. The molecule has 0 saturated heterocycles. The smallest absolute Gasteiger partial charge is 0.328 e. The summed E-state index contributed by atoms with van der Waals surface area (Å²) in [5.74, 6) is -1.91. The van der Waals surface area contributed by atoms with Gasteiger partial charge in [0, 0.05) is 0 Å². The van der Waals surface area contributed by atoms with Crippen LogP contribution in [0.5, 0.6) is 0 Å². The Hall–Kier alpha value is -1.84. The Morgan fingerprint density at radius 1 is 1.16 bits per heavy atom. The van der Waals surface area contributed by atoms with Crippen LogP contribution in [0.1, 0.15) is 39.7 Å². The third-order valence-electron chi connectivity index (χ3n) is 2.91. The van der Waals surface area contributed by atoms with E-state index in [9.17, 15) is 14.7 Å². The van der Waals surface area contributed by atoms with E-state index in [1.807, 2.05) is 0 Å². The molecule has 0 spiro atoms. The lowest BCUT2D eigenvalue weighted by Crippen LogP contribution is -2.47. The molecule has 0 amide bonds. The van der Waals surface area contributed by atoms with Crippen molar-refractivity contribution < 1.29 is 19.4 Å². The lowest BCUT2D eigenvalue weighted by Gasteiger charge is -2.30. The predicted molar refractivity (Wildman–Crippen MR) is 71.9 cm³/mol. The van der Waals surface area contributed by atoms with Gasteiger partial charge < -0.3 is 9.84 Å². The first-order valence-corrected chi connectivity index (χ1v) is 6.26. The summed E-state index contributed by atoms with van der Waals surface area (Å²) in [7, 11) is 0. The normalized spacial score (nSPS) is 14.5. The van der Waals surface area contributed by atoms with Gasteiger partial charge in [0.15, 0.2) is 5.41 Å². The summed E-state index contributed by atoms with van der Waals surface area (Å²) in [5.41, 5.74) is -1.92. The number of benzene rings is 1. The number of esters is 1. The minimum absolute atomic E-state index is 0.140. The van der Waals surface area contributed by atoms with E-state index in [1.54, 1.807) is 58.0 Å². The van der Waals surface area contributed by atoms with Crippen LogP contribution in [-0.4, -0.2) is 22.6 Å². The second kappa shape index (κ2) is 5.43. The van der Waals surface area contributed by atoms with E-state index in [1.165, 1.54) is 0 Å². The van der Waals surface area contributed by atoms with E-state index in [-0.39, 0.29) is 6.42 Å². The predicted octanol–water partition coefficient (Wildman–Crippen LogP) is 2.76. The Morgan fingerprint density at radius 2 is 1.68 bits per heavy atom. The molecule has 4 heteroatoms. The second-order valence-electron chi connectivity index (χ2n) is 5.43. The van der Waals surface area contributed by atoms with Crippen LogP contribution in [0.25, 0.3) is 0 Å². The number of carboxylic acid groups (broad SMARTS) is 1. The van der Waals surface area contributed by atoms with Gasteiger partial charge in [-0.3, -0.25) is 9.59 Å². The molecule has 0 bridgehead atoms. The summed E-state index contributed by atoms with van der Waals surface area (Å²) in [6.45, 7) is 6.83. The standard InChI is InChI=1S/C15H20O4/c1-5-15(12(16)17,11-9-7-6-8-10-11)13(18)19-14(2,3)4/h6-10H,5H2,1-4H3,(H,16,17). The number of hydrogen-bond acceptors (Lipinski definition) is 3. The lowest BCUT2D eigenvalue weighted by atomic mass is 9.78. The van der Waals surface area contributed by atoms with E-state index >= 15 is 0 Å². The van der Waals surface area contributed by atoms with E-state index in [0.717, 1.165) is 0 Å². The quantitative estimate of drug-likeness (QED) is 0.671. The van der Waals surface area contributed by atoms with Crippen molar-refractivity contribution in [2.75, 3.05) is 0 Å². The average molecular weight is 264 g/mol. The van der Waals surface area contributed by atoms with Crippen molar-refractivity contribution in [2.24, 2.45) is 0 Å². The fraction of sp³-hybridized carbons (Fsp3) is 0.467. The van der Waals surface area contributed by atoms with E-state index in [2.05, 4.69) is 0 Å². The maximum atomic E-state index is 12.4. The Bertz CT molecular complexity index is 459. The zero-order valence-corrected chi connectivity index (χ0v) is 11.8. The van der Waals surface area contributed by atoms with Crippen LogP contribution in [0.2, 0.25) is 0 Å². The first-order valence-electron chi connectivity index (χ1n) is 6.26. The zero-order chi connectivity index (χ0) is 14.7. The van der Waals surface area contributed by atoms with E-state index < -0.39 is 23.0 Å². The highest BCUT2D eigenvalue weighted by molar-refractivity contribution is 6.05. The molecule has 104 valence electrons.